The van der Waals surface area contributed by atoms with Gasteiger partial charge in [-0.15, -0.1) is 11.3 Å². The molecular formula is C17H15FN8OS. The molecule has 0 fully saturated rings. The van der Waals surface area contributed by atoms with Crippen LogP contribution in [0.15, 0.2) is 29.2 Å². The average molecular weight is 398 g/mol. The Morgan fingerprint density at radius 3 is 3.00 bits per heavy atom. The quantitative estimate of drug-likeness (QED) is 0.540. The summed E-state index contributed by atoms with van der Waals surface area (Å²) >= 11 is 1.53. The maximum absolute atomic E-state index is 13.0. The van der Waals surface area contributed by atoms with E-state index in [1.165, 1.54) is 11.3 Å². The van der Waals surface area contributed by atoms with Gasteiger partial charge in [-0.25, -0.2) is 19.3 Å². The summed E-state index contributed by atoms with van der Waals surface area (Å²) < 4.78 is 18.3. The van der Waals surface area contributed by atoms with Gasteiger partial charge < -0.3 is 14.7 Å². The number of aromatic amines is 1. The molecule has 28 heavy (non-hydrogen) atoms. The van der Waals surface area contributed by atoms with Crippen molar-refractivity contribution in [1.29, 1.82) is 0 Å². The third kappa shape index (κ3) is 3.09. The summed E-state index contributed by atoms with van der Waals surface area (Å²) in [6, 6.07) is 1.93. The van der Waals surface area contributed by atoms with E-state index in [1.807, 2.05) is 19.2 Å². The monoisotopic (exact) mass is 398 g/mol. The third-order valence-electron chi connectivity index (χ3n) is 4.34. The maximum Gasteiger partial charge on any atom is 0.229 e. The Morgan fingerprint density at radius 2 is 2.21 bits per heavy atom. The minimum Gasteiger partial charge on any atom is -0.359 e. The highest BCUT2D eigenvalue weighted by atomic mass is 32.1. The molecule has 0 amide bonds. The molecule has 4 aromatic rings. The lowest BCUT2D eigenvalue weighted by atomic mass is 10.2. The first kappa shape index (κ1) is 16.8. The second-order valence-corrected chi connectivity index (χ2v) is 7.45. The molecule has 2 N–H and O–H groups in total. The van der Waals surface area contributed by atoms with Crippen molar-refractivity contribution >= 4 is 28.2 Å². The molecule has 0 radical (unpaired) electrons. The zero-order valence-corrected chi connectivity index (χ0v) is 15.6. The van der Waals surface area contributed by atoms with Gasteiger partial charge in [0, 0.05) is 30.1 Å². The van der Waals surface area contributed by atoms with Crippen LogP contribution >= 0.6 is 11.3 Å². The van der Waals surface area contributed by atoms with E-state index in [4.69, 9.17) is 9.51 Å². The first-order chi connectivity index (χ1) is 13.7. The molecule has 0 bridgehead atoms. The third-order valence-corrected chi connectivity index (χ3v) is 5.37. The van der Waals surface area contributed by atoms with Crippen LogP contribution in [0.5, 0.6) is 0 Å². The lowest BCUT2D eigenvalue weighted by Crippen LogP contribution is -2.24. The zero-order chi connectivity index (χ0) is 19.1. The van der Waals surface area contributed by atoms with Crippen molar-refractivity contribution in [2.75, 3.05) is 16.8 Å². The van der Waals surface area contributed by atoms with E-state index in [2.05, 4.69) is 35.5 Å². The molecule has 0 spiro atoms. The Labute approximate surface area is 162 Å². The van der Waals surface area contributed by atoms with E-state index in [-0.39, 0.29) is 0 Å². The van der Waals surface area contributed by atoms with Crippen LogP contribution in [0.25, 0.3) is 11.3 Å². The predicted octanol–water partition coefficient (Wildman–Crippen LogP) is 3.07. The van der Waals surface area contributed by atoms with Crippen LogP contribution in [0.4, 0.5) is 21.3 Å². The highest BCUT2D eigenvalue weighted by Gasteiger charge is 2.26. The fraction of sp³-hybridized carbons (Fsp3) is 0.235. The number of hydrogen-bond acceptors (Lipinski definition) is 9. The number of aryl methyl sites for hydroxylation is 1. The molecule has 11 heteroatoms. The Morgan fingerprint density at radius 1 is 1.36 bits per heavy atom. The molecule has 0 saturated heterocycles. The molecule has 142 valence electrons. The largest absolute Gasteiger partial charge is 0.359 e. The normalized spacial score (nSPS) is 13.1. The van der Waals surface area contributed by atoms with Crippen LogP contribution < -0.4 is 10.2 Å². The summed E-state index contributed by atoms with van der Waals surface area (Å²) in [5, 5.41) is 15.0. The summed E-state index contributed by atoms with van der Waals surface area (Å²) in [7, 11) is 0. The number of anilines is 3. The van der Waals surface area contributed by atoms with E-state index in [9.17, 15) is 4.39 Å². The van der Waals surface area contributed by atoms with Gasteiger partial charge in [0.05, 0.1) is 35.9 Å². The number of nitrogens with zero attached hydrogens (tertiary/aromatic N) is 6. The summed E-state index contributed by atoms with van der Waals surface area (Å²) in [4.78, 5) is 15.8. The molecule has 0 aromatic carbocycles. The molecule has 0 aliphatic carbocycles. The fourth-order valence-electron chi connectivity index (χ4n) is 3.13. The number of fused-ring (bicyclic) bond motifs is 3. The van der Waals surface area contributed by atoms with Gasteiger partial charge in [0.1, 0.15) is 0 Å². The highest BCUT2D eigenvalue weighted by molar-refractivity contribution is 7.16. The number of rotatable bonds is 4. The van der Waals surface area contributed by atoms with Gasteiger partial charge in [0.2, 0.25) is 5.95 Å². The number of aromatic nitrogens is 6. The molecule has 9 nitrogen and oxygen atoms in total. The summed E-state index contributed by atoms with van der Waals surface area (Å²) in [5.41, 5.74) is 2.65. The molecule has 5 heterocycles. The standard InChI is InChI=1S/C17H15FN8OS/c1-9-4-11(27-25-9)8-26-3-2-13-14(12-7-21-24-15(12)26)22-17(28-13)23-16-19-5-10(18)6-20-16/h4-7H,2-3,8H2,1H3,(H,21,24)(H,19,20,22,23). The zero-order valence-electron chi connectivity index (χ0n) is 14.8. The van der Waals surface area contributed by atoms with E-state index in [0.717, 1.165) is 58.8 Å². The van der Waals surface area contributed by atoms with Crippen molar-refractivity contribution in [3.05, 3.63) is 46.8 Å². The molecular weight excluding hydrogens is 383 g/mol. The molecule has 0 unspecified atom stereocenters. The SMILES string of the molecule is Cc1cc(CN2CCc3sc(Nc4ncc(F)cn4)nc3-c3c[nH]nc32)on1. The van der Waals surface area contributed by atoms with Gasteiger partial charge in [-0.3, -0.25) is 5.10 Å². The van der Waals surface area contributed by atoms with Crippen molar-refractivity contribution in [2.24, 2.45) is 0 Å². The Kier molecular flexibility index (Phi) is 4.01. The second kappa shape index (κ2) is 6.68. The van der Waals surface area contributed by atoms with Crippen molar-refractivity contribution in [2.45, 2.75) is 19.9 Å². The number of hydrogen-bond donors (Lipinski definition) is 2. The van der Waals surface area contributed by atoms with E-state index in [1.54, 1.807) is 0 Å². The van der Waals surface area contributed by atoms with Gasteiger partial charge >= 0.3 is 0 Å². The van der Waals surface area contributed by atoms with Crippen LogP contribution in [-0.2, 0) is 13.0 Å². The Hall–Kier alpha value is -3.34. The Bertz CT molecular complexity index is 1120. The topological polar surface area (TPSA) is 109 Å². The molecule has 4 aromatic heterocycles. The Balaban J connectivity index is 1.43. The minimum absolute atomic E-state index is 0.306. The van der Waals surface area contributed by atoms with Gasteiger partial charge in [0.15, 0.2) is 22.5 Å². The first-order valence-corrected chi connectivity index (χ1v) is 9.43. The van der Waals surface area contributed by atoms with Crippen LogP contribution in [0, 0.1) is 12.7 Å². The predicted molar refractivity (Wildman–Crippen MR) is 101 cm³/mol. The van der Waals surface area contributed by atoms with Gasteiger partial charge in [0.25, 0.3) is 0 Å². The van der Waals surface area contributed by atoms with Crippen molar-refractivity contribution in [1.82, 2.24) is 30.3 Å². The number of H-pyrrole nitrogens is 1. The number of halogens is 1. The summed E-state index contributed by atoms with van der Waals surface area (Å²) in [5.74, 6) is 1.44. The van der Waals surface area contributed by atoms with Crippen molar-refractivity contribution in [3.8, 4) is 11.3 Å². The van der Waals surface area contributed by atoms with E-state index >= 15 is 0 Å². The van der Waals surface area contributed by atoms with Crippen LogP contribution in [-0.4, -0.2) is 36.9 Å². The summed E-state index contributed by atoms with van der Waals surface area (Å²) in [6.45, 7) is 3.25. The first-order valence-electron chi connectivity index (χ1n) is 8.61. The average Bonchev–Trinajstić information content (AvgIpc) is 3.39. The van der Waals surface area contributed by atoms with Crippen molar-refractivity contribution < 1.29 is 8.91 Å². The number of thiazole rings is 1. The molecule has 0 atom stereocenters. The van der Waals surface area contributed by atoms with E-state index < -0.39 is 5.82 Å². The number of nitrogens with one attached hydrogen (secondary N) is 2. The van der Waals surface area contributed by atoms with E-state index in [0.29, 0.717) is 17.6 Å². The van der Waals surface area contributed by atoms with Gasteiger partial charge in [-0.2, -0.15) is 5.10 Å². The van der Waals surface area contributed by atoms with Crippen LogP contribution in [0.1, 0.15) is 16.3 Å². The second-order valence-electron chi connectivity index (χ2n) is 6.37. The van der Waals surface area contributed by atoms with Crippen molar-refractivity contribution in [3.63, 3.8) is 0 Å². The lowest BCUT2D eigenvalue weighted by Gasteiger charge is -2.19. The molecule has 1 aliphatic heterocycles. The van der Waals surface area contributed by atoms with Gasteiger partial charge in [-0.1, -0.05) is 5.16 Å². The van der Waals surface area contributed by atoms with Crippen LogP contribution in [0.3, 0.4) is 0 Å². The van der Waals surface area contributed by atoms with Crippen LogP contribution in [0.2, 0.25) is 0 Å². The highest BCUT2D eigenvalue weighted by Crippen LogP contribution is 2.39. The van der Waals surface area contributed by atoms with Gasteiger partial charge in [-0.05, 0) is 6.92 Å². The molecule has 5 rings (SSSR count). The molecule has 1 aliphatic rings. The smallest absolute Gasteiger partial charge is 0.229 e. The lowest BCUT2D eigenvalue weighted by molar-refractivity contribution is 0.377. The summed E-state index contributed by atoms with van der Waals surface area (Å²) in [6.07, 6.45) is 4.88. The fourth-order valence-corrected chi connectivity index (χ4v) is 4.09. The maximum atomic E-state index is 13.0. The minimum atomic E-state index is -0.481. The molecule has 0 saturated carbocycles.